The van der Waals surface area contributed by atoms with Gasteiger partial charge in [-0.2, -0.15) is 0 Å². The fourth-order valence-electron chi connectivity index (χ4n) is 1.84. The number of aryl methyl sites for hydroxylation is 3. The largest absolute Gasteiger partial charge is 0.450 e. The third kappa shape index (κ3) is 2.71. The van der Waals surface area contributed by atoms with E-state index in [0.717, 1.165) is 0 Å². The van der Waals surface area contributed by atoms with E-state index in [1.807, 2.05) is 0 Å². The first-order chi connectivity index (χ1) is 8.90. The van der Waals surface area contributed by atoms with Crippen LogP contribution in [-0.4, -0.2) is 4.57 Å². The van der Waals surface area contributed by atoms with E-state index in [4.69, 9.17) is 4.74 Å². The van der Waals surface area contributed by atoms with Crippen molar-refractivity contribution in [3.63, 3.8) is 0 Å². The van der Waals surface area contributed by atoms with E-state index in [1.165, 1.54) is 16.7 Å². The molecule has 0 aliphatic carbocycles. The third-order valence-corrected chi connectivity index (χ3v) is 3.43. The molecule has 0 spiro atoms. The molecule has 2 aromatic rings. The summed E-state index contributed by atoms with van der Waals surface area (Å²) in [6, 6.07) is 4.48. The summed E-state index contributed by atoms with van der Waals surface area (Å²) in [5.74, 6) is 0.385. The van der Waals surface area contributed by atoms with Crippen molar-refractivity contribution in [3.05, 3.63) is 56.2 Å². The highest BCUT2D eigenvalue weighted by molar-refractivity contribution is 9.10. The van der Waals surface area contributed by atoms with Crippen LogP contribution in [0, 0.1) is 19.7 Å². The first kappa shape index (κ1) is 13.8. The number of rotatable bonds is 2. The minimum atomic E-state index is -0.317. The topological polar surface area (TPSA) is 31.2 Å². The molecule has 1 aromatic heterocycles. The summed E-state index contributed by atoms with van der Waals surface area (Å²) >= 11 is 3.29. The molecule has 0 atom stereocenters. The molecule has 19 heavy (non-hydrogen) atoms. The molecule has 1 heterocycles. The summed E-state index contributed by atoms with van der Waals surface area (Å²) in [7, 11) is 1.64. The zero-order chi connectivity index (χ0) is 14.2. The Morgan fingerprint density at radius 3 is 2.37 bits per heavy atom. The molecule has 0 saturated heterocycles. The van der Waals surface area contributed by atoms with Crippen molar-refractivity contribution in [1.29, 1.82) is 0 Å². The molecular weight excluding hydrogens is 313 g/mol. The third-order valence-electron chi connectivity index (χ3n) is 2.81. The fraction of sp³-hybridized carbons (Fsp3) is 0.214. The van der Waals surface area contributed by atoms with Gasteiger partial charge in [-0.15, -0.1) is 0 Å². The molecule has 100 valence electrons. The van der Waals surface area contributed by atoms with Crippen LogP contribution in [0.2, 0.25) is 0 Å². The Balaban J connectivity index is 2.54. The van der Waals surface area contributed by atoms with Crippen molar-refractivity contribution < 1.29 is 9.13 Å². The predicted molar refractivity (Wildman–Crippen MR) is 75.3 cm³/mol. The molecule has 0 radical (unpaired) electrons. The Hall–Kier alpha value is -1.62. The zero-order valence-electron chi connectivity index (χ0n) is 10.8. The van der Waals surface area contributed by atoms with E-state index < -0.39 is 0 Å². The van der Waals surface area contributed by atoms with Crippen molar-refractivity contribution in [2.24, 2.45) is 7.05 Å². The highest BCUT2D eigenvalue weighted by atomic mass is 79.9. The van der Waals surface area contributed by atoms with Crippen molar-refractivity contribution in [3.8, 4) is 11.5 Å². The number of benzene rings is 1. The van der Waals surface area contributed by atoms with Gasteiger partial charge in [-0.1, -0.05) is 0 Å². The second-order valence-electron chi connectivity index (χ2n) is 4.38. The summed E-state index contributed by atoms with van der Waals surface area (Å²) in [6.07, 6.45) is 1.64. The number of nitrogens with zero attached hydrogens (tertiary/aromatic N) is 1. The first-order valence-corrected chi connectivity index (χ1v) is 6.49. The fourth-order valence-corrected chi connectivity index (χ4v) is 2.20. The van der Waals surface area contributed by atoms with E-state index in [2.05, 4.69) is 15.9 Å². The maximum Gasteiger partial charge on any atom is 0.294 e. The van der Waals surface area contributed by atoms with Gasteiger partial charge in [-0.3, -0.25) is 4.79 Å². The van der Waals surface area contributed by atoms with Gasteiger partial charge in [-0.05, 0) is 59.1 Å². The second-order valence-corrected chi connectivity index (χ2v) is 5.23. The van der Waals surface area contributed by atoms with E-state index >= 15 is 0 Å². The van der Waals surface area contributed by atoms with Crippen LogP contribution >= 0.6 is 15.9 Å². The number of hydrogen-bond acceptors (Lipinski definition) is 2. The number of pyridine rings is 1. The quantitative estimate of drug-likeness (QED) is 0.843. The highest BCUT2D eigenvalue weighted by Crippen LogP contribution is 2.31. The Morgan fingerprint density at radius 1 is 1.21 bits per heavy atom. The van der Waals surface area contributed by atoms with Gasteiger partial charge in [0.05, 0.1) is 4.47 Å². The van der Waals surface area contributed by atoms with Gasteiger partial charge in [-0.25, -0.2) is 4.39 Å². The Bertz CT molecular complexity index is 671. The number of ether oxygens (including phenoxy) is 1. The van der Waals surface area contributed by atoms with E-state index in [0.29, 0.717) is 21.3 Å². The zero-order valence-corrected chi connectivity index (χ0v) is 12.4. The number of halogens is 2. The van der Waals surface area contributed by atoms with Gasteiger partial charge in [0.2, 0.25) is 5.75 Å². The standard InChI is InChI=1S/C14H13BrFNO2/c1-8-6-10(16)7-9(2)12(8)19-13-11(15)4-5-17(3)14(13)18/h4-7H,1-3H3. The summed E-state index contributed by atoms with van der Waals surface area (Å²) in [4.78, 5) is 12.0. The molecule has 1 aromatic carbocycles. The van der Waals surface area contributed by atoms with Crippen LogP contribution in [0.15, 0.2) is 33.7 Å². The van der Waals surface area contributed by atoms with Crippen molar-refractivity contribution >= 4 is 15.9 Å². The van der Waals surface area contributed by atoms with Crippen molar-refractivity contribution in [2.75, 3.05) is 0 Å². The maximum atomic E-state index is 13.2. The Kier molecular flexibility index (Phi) is 3.75. The average molecular weight is 326 g/mol. The molecule has 0 unspecified atom stereocenters. The Labute approximate surface area is 118 Å². The average Bonchev–Trinajstić information content (AvgIpc) is 2.32. The lowest BCUT2D eigenvalue weighted by molar-refractivity contribution is 0.457. The van der Waals surface area contributed by atoms with Crippen LogP contribution in [0.25, 0.3) is 0 Å². The molecule has 0 saturated carbocycles. The van der Waals surface area contributed by atoms with Crippen LogP contribution in [0.4, 0.5) is 4.39 Å². The first-order valence-electron chi connectivity index (χ1n) is 5.70. The lowest BCUT2D eigenvalue weighted by Crippen LogP contribution is -2.17. The normalized spacial score (nSPS) is 10.6. The monoisotopic (exact) mass is 325 g/mol. The van der Waals surface area contributed by atoms with E-state index in [-0.39, 0.29) is 17.1 Å². The lowest BCUT2D eigenvalue weighted by Gasteiger charge is -2.13. The lowest BCUT2D eigenvalue weighted by atomic mass is 10.1. The highest BCUT2D eigenvalue weighted by Gasteiger charge is 2.13. The van der Waals surface area contributed by atoms with Crippen molar-refractivity contribution in [1.82, 2.24) is 4.57 Å². The van der Waals surface area contributed by atoms with Gasteiger partial charge in [0.15, 0.2) is 0 Å². The maximum absolute atomic E-state index is 13.2. The van der Waals surface area contributed by atoms with Crippen LogP contribution in [-0.2, 0) is 7.05 Å². The van der Waals surface area contributed by atoms with E-state index in [9.17, 15) is 9.18 Å². The summed E-state index contributed by atoms with van der Waals surface area (Å²) in [5.41, 5.74) is 1.04. The molecule has 0 N–H and O–H groups in total. The van der Waals surface area contributed by atoms with Crippen LogP contribution in [0.5, 0.6) is 11.5 Å². The van der Waals surface area contributed by atoms with Gasteiger partial charge in [0, 0.05) is 13.2 Å². The number of aromatic nitrogens is 1. The molecule has 0 fully saturated rings. The smallest absolute Gasteiger partial charge is 0.294 e. The predicted octanol–water partition coefficient (Wildman–Crippen LogP) is 3.70. The van der Waals surface area contributed by atoms with Gasteiger partial charge >= 0.3 is 0 Å². The molecule has 5 heteroatoms. The number of hydrogen-bond donors (Lipinski definition) is 0. The summed E-state index contributed by atoms with van der Waals surface area (Å²) in [6.45, 7) is 3.49. The van der Waals surface area contributed by atoms with Gasteiger partial charge in [0.1, 0.15) is 11.6 Å². The molecule has 0 aliphatic heterocycles. The summed E-state index contributed by atoms with van der Waals surface area (Å²) in [5, 5.41) is 0. The second kappa shape index (κ2) is 5.17. The molecule has 3 nitrogen and oxygen atoms in total. The minimum absolute atomic E-state index is 0.197. The van der Waals surface area contributed by atoms with Gasteiger partial charge in [0.25, 0.3) is 5.56 Å². The summed E-state index contributed by atoms with van der Waals surface area (Å²) < 4.78 is 20.9. The van der Waals surface area contributed by atoms with Crippen LogP contribution < -0.4 is 10.3 Å². The molecule has 0 bridgehead atoms. The van der Waals surface area contributed by atoms with E-state index in [1.54, 1.807) is 33.2 Å². The van der Waals surface area contributed by atoms with Crippen LogP contribution in [0.3, 0.4) is 0 Å². The van der Waals surface area contributed by atoms with Gasteiger partial charge < -0.3 is 9.30 Å². The van der Waals surface area contributed by atoms with Crippen molar-refractivity contribution in [2.45, 2.75) is 13.8 Å². The molecular formula is C14H13BrFNO2. The minimum Gasteiger partial charge on any atom is -0.450 e. The molecule has 0 amide bonds. The molecule has 0 aliphatic rings. The molecule has 2 rings (SSSR count). The van der Waals surface area contributed by atoms with Crippen LogP contribution in [0.1, 0.15) is 11.1 Å². The SMILES string of the molecule is Cc1cc(F)cc(C)c1Oc1c(Br)ccn(C)c1=O. The Morgan fingerprint density at radius 2 is 1.79 bits per heavy atom.